The molecule has 0 rings (SSSR count). The summed E-state index contributed by atoms with van der Waals surface area (Å²) in [5, 5.41) is 30.8. The van der Waals surface area contributed by atoms with Crippen LogP contribution in [0.2, 0.25) is 0 Å². The Hall–Kier alpha value is -1.06. The number of alkyl halides is 3. The molecule has 0 aliphatic heterocycles. The van der Waals surface area contributed by atoms with Crippen molar-refractivity contribution in [1.82, 2.24) is 5.32 Å². The number of rotatable bonds is 6. The second-order valence-corrected chi connectivity index (χ2v) is 3.91. The van der Waals surface area contributed by atoms with Gasteiger partial charge in [0.1, 0.15) is 5.92 Å². The van der Waals surface area contributed by atoms with Gasteiger partial charge in [0, 0.05) is 13.1 Å². The fraction of sp³-hybridized carbons (Fsp3) is 0.875. The van der Waals surface area contributed by atoms with E-state index >= 15 is 0 Å². The highest BCUT2D eigenvalue weighted by atomic mass is 19.4. The smallest absolute Gasteiger partial charge is 0.400 e. The Morgan fingerprint density at radius 1 is 1.47 bits per heavy atom. The number of oxime groups is 1. The minimum absolute atomic E-state index is 0.255. The molecule has 0 aliphatic carbocycles. The van der Waals surface area contributed by atoms with Crippen LogP contribution in [0.4, 0.5) is 13.2 Å². The van der Waals surface area contributed by atoms with Crippen LogP contribution < -0.4 is 11.1 Å². The summed E-state index contributed by atoms with van der Waals surface area (Å²) in [4.78, 5) is 0. The SMILES string of the molecule is CC(O)(CO)CNCC(C(N)=NO)C(F)(F)F. The molecule has 0 spiro atoms. The zero-order valence-electron chi connectivity index (χ0n) is 9.20. The second kappa shape index (κ2) is 6.03. The van der Waals surface area contributed by atoms with Crippen LogP contribution in [0, 0.1) is 5.92 Å². The molecule has 0 aromatic rings. The fourth-order valence-corrected chi connectivity index (χ4v) is 0.999. The summed E-state index contributed by atoms with van der Waals surface area (Å²) in [5.41, 5.74) is 3.39. The van der Waals surface area contributed by atoms with Crippen molar-refractivity contribution in [2.24, 2.45) is 16.8 Å². The number of aliphatic hydroxyl groups is 2. The molecule has 0 fully saturated rings. The normalized spacial score (nSPS) is 18.8. The molecule has 17 heavy (non-hydrogen) atoms. The van der Waals surface area contributed by atoms with E-state index in [0.29, 0.717) is 0 Å². The van der Waals surface area contributed by atoms with E-state index in [1.54, 1.807) is 0 Å². The number of nitrogens with two attached hydrogens (primary N) is 1. The van der Waals surface area contributed by atoms with Crippen LogP contribution in [0.3, 0.4) is 0 Å². The first-order chi connectivity index (χ1) is 7.64. The van der Waals surface area contributed by atoms with E-state index in [1.165, 1.54) is 6.92 Å². The van der Waals surface area contributed by atoms with E-state index in [0.717, 1.165) is 0 Å². The van der Waals surface area contributed by atoms with Gasteiger partial charge in [0.2, 0.25) is 0 Å². The van der Waals surface area contributed by atoms with Crippen molar-refractivity contribution < 1.29 is 28.6 Å². The maximum atomic E-state index is 12.4. The van der Waals surface area contributed by atoms with Crippen molar-refractivity contribution in [2.75, 3.05) is 19.7 Å². The van der Waals surface area contributed by atoms with Crippen molar-refractivity contribution in [2.45, 2.75) is 18.7 Å². The highest BCUT2D eigenvalue weighted by Crippen LogP contribution is 2.25. The van der Waals surface area contributed by atoms with Crippen LogP contribution in [0.5, 0.6) is 0 Å². The number of nitrogens with one attached hydrogen (secondary N) is 1. The summed E-state index contributed by atoms with van der Waals surface area (Å²) in [5.74, 6) is -3.12. The number of aliphatic hydroxyl groups excluding tert-OH is 1. The van der Waals surface area contributed by atoms with Crippen molar-refractivity contribution in [3.05, 3.63) is 0 Å². The molecule has 0 bridgehead atoms. The van der Waals surface area contributed by atoms with Gasteiger partial charge in [-0.3, -0.25) is 0 Å². The Labute approximate surface area is 95.9 Å². The van der Waals surface area contributed by atoms with E-state index < -0.39 is 36.7 Å². The highest BCUT2D eigenvalue weighted by molar-refractivity contribution is 5.83. The standard InChI is InChI=1S/C8H16F3N3O3/c1-7(16,4-15)3-13-2-5(6(12)14-17)8(9,10)11/h5,13,15-17H,2-4H2,1H3,(H2,12,14). The van der Waals surface area contributed by atoms with E-state index in [9.17, 15) is 18.3 Å². The van der Waals surface area contributed by atoms with Gasteiger partial charge in [-0.05, 0) is 6.92 Å². The van der Waals surface area contributed by atoms with Crippen LogP contribution in [-0.2, 0) is 0 Å². The lowest BCUT2D eigenvalue weighted by Crippen LogP contribution is -2.47. The Morgan fingerprint density at radius 3 is 2.35 bits per heavy atom. The zero-order chi connectivity index (χ0) is 13.7. The van der Waals surface area contributed by atoms with Gasteiger partial charge in [0.25, 0.3) is 0 Å². The van der Waals surface area contributed by atoms with Gasteiger partial charge in [-0.25, -0.2) is 0 Å². The molecule has 0 saturated carbocycles. The number of hydrogen-bond acceptors (Lipinski definition) is 5. The van der Waals surface area contributed by atoms with Gasteiger partial charge in [-0.1, -0.05) is 5.16 Å². The highest BCUT2D eigenvalue weighted by Gasteiger charge is 2.42. The maximum Gasteiger partial charge on any atom is 0.400 e. The Bertz CT molecular complexity index is 268. The van der Waals surface area contributed by atoms with Gasteiger partial charge in [0.05, 0.1) is 12.2 Å². The van der Waals surface area contributed by atoms with Crippen LogP contribution in [-0.4, -0.2) is 52.7 Å². The summed E-state index contributed by atoms with van der Waals surface area (Å²) >= 11 is 0. The molecule has 0 aliphatic rings. The summed E-state index contributed by atoms with van der Waals surface area (Å²) in [7, 11) is 0. The quantitative estimate of drug-likeness (QED) is 0.186. The average Bonchev–Trinajstić information content (AvgIpc) is 2.21. The van der Waals surface area contributed by atoms with Crippen molar-refractivity contribution in [1.29, 1.82) is 0 Å². The predicted octanol–water partition coefficient (Wildman–Crippen LogP) is -0.756. The van der Waals surface area contributed by atoms with Crippen molar-refractivity contribution in [3.8, 4) is 0 Å². The molecule has 0 amide bonds. The predicted molar refractivity (Wildman–Crippen MR) is 53.5 cm³/mol. The lowest BCUT2D eigenvalue weighted by molar-refractivity contribution is -0.155. The molecule has 2 unspecified atom stereocenters. The van der Waals surface area contributed by atoms with E-state index in [-0.39, 0.29) is 6.54 Å². The van der Waals surface area contributed by atoms with Crippen LogP contribution >= 0.6 is 0 Å². The summed E-state index contributed by atoms with van der Waals surface area (Å²) in [6.45, 7) is -0.253. The van der Waals surface area contributed by atoms with Gasteiger partial charge in [0.15, 0.2) is 5.84 Å². The maximum absolute atomic E-state index is 12.4. The number of hydrogen-bond donors (Lipinski definition) is 5. The first-order valence-electron chi connectivity index (χ1n) is 4.72. The van der Waals surface area contributed by atoms with Gasteiger partial charge in [-0.15, -0.1) is 0 Å². The van der Waals surface area contributed by atoms with Crippen LogP contribution in [0.1, 0.15) is 6.92 Å². The van der Waals surface area contributed by atoms with Crippen molar-refractivity contribution in [3.63, 3.8) is 0 Å². The number of halogens is 3. The third-order valence-corrected chi connectivity index (χ3v) is 2.06. The Balaban J connectivity index is 4.40. The molecule has 0 radical (unpaired) electrons. The first kappa shape index (κ1) is 15.9. The Kier molecular flexibility index (Phi) is 5.66. The molecule has 6 N–H and O–H groups in total. The molecule has 0 aromatic heterocycles. The third kappa shape index (κ3) is 5.71. The van der Waals surface area contributed by atoms with E-state index in [4.69, 9.17) is 16.0 Å². The van der Waals surface area contributed by atoms with Crippen molar-refractivity contribution >= 4 is 5.84 Å². The lowest BCUT2D eigenvalue weighted by Gasteiger charge is -2.24. The van der Waals surface area contributed by atoms with E-state index in [2.05, 4.69) is 10.5 Å². The number of amidine groups is 1. The zero-order valence-corrected chi connectivity index (χ0v) is 9.20. The average molecular weight is 259 g/mol. The summed E-state index contributed by atoms with van der Waals surface area (Å²) < 4.78 is 37.3. The minimum Gasteiger partial charge on any atom is -0.409 e. The van der Waals surface area contributed by atoms with Gasteiger partial charge < -0.3 is 26.5 Å². The van der Waals surface area contributed by atoms with Gasteiger partial charge in [-0.2, -0.15) is 13.2 Å². The molecule has 0 heterocycles. The molecule has 0 aromatic carbocycles. The topological polar surface area (TPSA) is 111 Å². The summed E-state index contributed by atoms with van der Waals surface area (Å²) in [6, 6.07) is 0. The molecule has 9 heteroatoms. The van der Waals surface area contributed by atoms with E-state index in [1.807, 2.05) is 0 Å². The molecule has 102 valence electrons. The minimum atomic E-state index is -4.66. The molecular weight excluding hydrogens is 243 g/mol. The van der Waals surface area contributed by atoms with Crippen LogP contribution in [0.15, 0.2) is 5.16 Å². The first-order valence-corrected chi connectivity index (χ1v) is 4.72. The molecule has 2 atom stereocenters. The summed E-state index contributed by atoms with van der Waals surface area (Å²) in [6.07, 6.45) is -4.66. The fourth-order valence-electron chi connectivity index (χ4n) is 0.999. The largest absolute Gasteiger partial charge is 0.409 e. The monoisotopic (exact) mass is 259 g/mol. The third-order valence-electron chi connectivity index (χ3n) is 2.06. The molecule has 6 nitrogen and oxygen atoms in total. The number of nitrogens with zero attached hydrogens (tertiary/aromatic N) is 1. The molecule has 0 saturated heterocycles. The molecular formula is C8H16F3N3O3. The Morgan fingerprint density at radius 2 is 2.00 bits per heavy atom. The van der Waals surface area contributed by atoms with Crippen LogP contribution in [0.25, 0.3) is 0 Å². The lowest BCUT2D eigenvalue weighted by atomic mass is 10.1. The second-order valence-electron chi connectivity index (χ2n) is 3.91. The van der Waals surface area contributed by atoms with Gasteiger partial charge >= 0.3 is 6.18 Å².